The topological polar surface area (TPSA) is 54.0 Å². The summed E-state index contributed by atoms with van der Waals surface area (Å²) >= 11 is 0. The molecule has 0 aliphatic carbocycles. The molecule has 2 aliphatic rings. The fourth-order valence-electron chi connectivity index (χ4n) is 3.65. The van der Waals surface area contributed by atoms with Crippen LogP contribution in [0.1, 0.15) is 17.5 Å². The highest BCUT2D eigenvalue weighted by molar-refractivity contribution is 5.74. The van der Waals surface area contributed by atoms with E-state index in [-0.39, 0.29) is 6.03 Å². The van der Waals surface area contributed by atoms with E-state index >= 15 is 0 Å². The van der Waals surface area contributed by atoms with Crippen molar-refractivity contribution < 1.29 is 27.4 Å². The van der Waals surface area contributed by atoms with Crippen molar-refractivity contribution in [3.05, 3.63) is 53.6 Å². The number of nitrogens with one attached hydrogen (secondary N) is 1. The zero-order valence-corrected chi connectivity index (χ0v) is 17.0. The van der Waals surface area contributed by atoms with Gasteiger partial charge in [0.1, 0.15) is 0 Å². The molecule has 31 heavy (non-hydrogen) atoms. The second-order valence-electron chi connectivity index (χ2n) is 7.51. The molecular weight excluding hydrogens is 411 g/mol. The molecule has 2 aliphatic heterocycles. The van der Waals surface area contributed by atoms with Gasteiger partial charge in [-0.2, -0.15) is 13.2 Å². The molecule has 2 aromatic carbocycles. The Morgan fingerprint density at radius 3 is 2.45 bits per heavy atom. The van der Waals surface area contributed by atoms with E-state index in [0.717, 1.165) is 24.1 Å². The van der Waals surface area contributed by atoms with Crippen LogP contribution in [0.2, 0.25) is 0 Å². The molecule has 9 heteroatoms. The number of ether oxygens (including phenoxy) is 2. The van der Waals surface area contributed by atoms with E-state index in [4.69, 9.17) is 9.47 Å². The minimum Gasteiger partial charge on any atom is -0.490 e. The number of hydrogen-bond donors (Lipinski definition) is 1. The van der Waals surface area contributed by atoms with Crippen LogP contribution in [0.4, 0.5) is 23.7 Å². The molecule has 0 saturated carbocycles. The van der Waals surface area contributed by atoms with Crippen LogP contribution in [0.3, 0.4) is 0 Å². The summed E-state index contributed by atoms with van der Waals surface area (Å²) in [5.41, 5.74) is 0.752. The molecule has 166 valence electrons. The van der Waals surface area contributed by atoms with E-state index in [1.165, 1.54) is 6.07 Å². The minimum absolute atomic E-state index is 0.198. The Morgan fingerprint density at radius 1 is 0.968 bits per heavy atom. The third-order valence-electron chi connectivity index (χ3n) is 5.36. The van der Waals surface area contributed by atoms with Gasteiger partial charge in [-0.25, -0.2) is 4.79 Å². The maximum absolute atomic E-state index is 12.9. The summed E-state index contributed by atoms with van der Waals surface area (Å²) in [5.74, 6) is 1.39. The molecule has 2 amide bonds. The van der Waals surface area contributed by atoms with Crippen molar-refractivity contribution in [3.63, 3.8) is 0 Å². The van der Waals surface area contributed by atoms with Crippen molar-refractivity contribution in [2.75, 3.05) is 44.3 Å². The van der Waals surface area contributed by atoms with Crippen molar-refractivity contribution in [2.45, 2.75) is 19.1 Å². The van der Waals surface area contributed by atoms with Crippen LogP contribution in [0.15, 0.2) is 42.5 Å². The lowest BCUT2D eigenvalue weighted by Crippen LogP contribution is -2.51. The average Bonchev–Trinajstić information content (AvgIpc) is 3.02. The van der Waals surface area contributed by atoms with Gasteiger partial charge in [0.2, 0.25) is 0 Å². The predicted octanol–water partition coefficient (Wildman–Crippen LogP) is 3.90. The number of alkyl halides is 3. The Kier molecular flexibility index (Phi) is 6.11. The molecule has 1 saturated heterocycles. The molecule has 6 nitrogen and oxygen atoms in total. The summed E-state index contributed by atoms with van der Waals surface area (Å²) in [6.45, 7) is 3.38. The van der Waals surface area contributed by atoms with Crippen LogP contribution in [-0.2, 0) is 12.7 Å². The molecule has 0 radical (unpaired) electrons. The van der Waals surface area contributed by atoms with Gasteiger partial charge in [0.25, 0.3) is 0 Å². The van der Waals surface area contributed by atoms with E-state index in [1.54, 1.807) is 11.0 Å². The largest absolute Gasteiger partial charge is 0.490 e. The Labute approximate surface area is 178 Å². The van der Waals surface area contributed by atoms with Crippen LogP contribution >= 0.6 is 0 Å². The van der Waals surface area contributed by atoms with Crippen molar-refractivity contribution in [1.82, 2.24) is 10.2 Å². The Bertz CT molecular complexity index is 928. The first-order chi connectivity index (χ1) is 14.9. The van der Waals surface area contributed by atoms with Gasteiger partial charge in [-0.3, -0.25) is 0 Å². The fraction of sp³-hybridized carbons (Fsp3) is 0.409. The molecule has 1 N–H and O–H groups in total. The van der Waals surface area contributed by atoms with Crippen LogP contribution in [0.25, 0.3) is 0 Å². The fourth-order valence-corrected chi connectivity index (χ4v) is 3.65. The highest BCUT2D eigenvalue weighted by Gasteiger charge is 2.31. The third-order valence-corrected chi connectivity index (χ3v) is 5.36. The molecule has 2 heterocycles. The lowest BCUT2D eigenvalue weighted by molar-refractivity contribution is -0.137. The van der Waals surface area contributed by atoms with Gasteiger partial charge in [-0.1, -0.05) is 12.1 Å². The molecule has 0 bridgehead atoms. The van der Waals surface area contributed by atoms with Crippen LogP contribution < -0.4 is 19.7 Å². The zero-order chi connectivity index (χ0) is 21.8. The summed E-state index contributed by atoms with van der Waals surface area (Å²) in [6.07, 6.45) is -3.54. The molecule has 0 atom stereocenters. The van der Waals surface area contributed by atoms with Crippen LogP contribution in [-0.4, -0.2) is 50.3 Å². The third kappa shape index (κ3) is 5.15. The Balaban J connectivity index is 1.29. The Morgan fingerprint density at radius 2 is 1.71 bits per heavy atom. The van der Waals surface area contributed by atoms with Crippen molar-refractivity contribution >= 4 is 11.7 Å². The molecule has 0 aromatic heterocycles. The number of piperazine rings is 1. The first-order valence-corrected chi connectivity index (χ1v) is 10.2. The van der Waals surface area contributed by atoms with Crippen molar-refractivity contribution in [3.8, 4) is 11.5 Å². The van der Waals surface area contributed by atoms with Gasteiger partial charge < -0.3 is 24.6 Å². The lowest BCUT2D eigenvalue weighted by atomic mass is 10.1. The number of anilines is 1. The zero-order valence-electron chi connectivity index (χ0n) is 17.0. The monoisotopic (exact) mass is 435 g/mol. The van der Waals surface area contributed by atoms with E-state index in [9.17, 15) is 18.0 Å². The molecule has 1 fully saturated rings. The van der Waals surface area contributed by atoms with Gasteiger partial charge in [0, 0.05) is 44.8 Å². The van der Waals surface area contributed by atoms with E-state index < -0.39 is 11.7 Å². The van der Waals surface area contributed by atoms with Gasteiger partial charge in [-0.15, -0.1) is 0 Å². The predicted molar refractivity (Wildman–Crippen MR) is 110 cm³/mol. The van der Waals surface area contributed by atoms with E-state index in [0.29, 0.717) is 63.1 Å². The van der Waals surface area contributed by atoms with E-state index in [1.807, 2.05) is 23.1 Å². The molecule has 0 spiro atoms. The number of fused-ring (bicyclic) bond motifs is 1. The second-order valence-corrected chi connectivity index (χ2v) is 7.51. The lowest BCUT2D eigenvalue weighted by Gasteiger charge is -2.36. The highest BCUT2D eigenvalue weighted by atomic mass is 19.4. The summed E-state index contributed by atoms with van der Waals surface area (Å²) in [4.78, 5) is 16.1. The number of amides is 2. The van der Waals surface area contributed by atoms with Crippen molar-refractivity contribution in [2.24, 2.45) is 0 Å². The van der Waals surface area contributed by atoms with Crippen molar-refractivity contribution in [1.29, 1.82) is 0 Å². The molecule has 2 aromatic rings. The number of rotatable bonds is 3. The minimum atomic E-state index is -4.37. The number of carbonyl (C=O) groups is 1. The number of halogens is 3. The maximum Gasteiger partial charge on any atom is 0.416 e. The summed E-state index contributed by atoms with van der Waals surface area (Å²) < 4.78 is 50.1. The van der Waals surface area contributed by atoms with Gasteiger partial charge in [-0.05, 0) is 35.9 Å². The highest BCUT2D eigenvalue weighted by Crippen LogP contribution is 2.32. The number of nitrogens with zero attached hydrogens (tertiary/aromatic N) is 2. The van der Waals surface area contributed by atoms with Crippen LogP contribution in [0, 0.1) is 0 Å². The van der Waals surface area contributed by atoms with Crippen LogP contribution in [0.5, 0.6) is 11.5 Å². The van der Waals surface area contributed by atoms with Gasteiger partial charge in [0.15, 0.2) is 11.5 Å². The first-order valence-electron chi connectivity index (χ1n) is 10.2. The number of hydrogen-bond acceptors (Lipinski definition) is 4. The summed E-state index contributed by atoms with van der Waals surface area (Å²) in [5, 5.41) is 2.90. The number of benzene rings is 2. The second kappa shape index (κ2) is 8.95. The quantitative estimate of drug-likeness (QED) is 0.795. The van der Waals surface area contributed by atoms with Gasteiger partial charge in [0.05, 0.1) is 18.8 Å². The number of carbonyl (C=O) groups excluding carboxylic acids is 1. The average molecular weight is 435 g/mol. The molecule has 0 unspecified atom stereocenters. The molecular formula is C22H24F3N3O3. The first kappa shape index (κ1) is 21.1. The normalized spacial score (nSPS) is 16.6. The Hall–Kier alpha value is -3.10. The molecule has 4 rings (SSSR count). The van der Waals surface area contributed by atoms with E-state index in [2.05, 4.69) is 5.32 Å². The maximum atomic E-state index is 12.9. The SMILES string of the molecule is O=C(NCc1ccc2c(c1)OCCCO2)N1CCN(c2cccc(C(F)(F)F)c2)CC1. The number of urea groups is 1. The smallest absolute Gasteiger partial charge is 0.416 e. The summed E-state index contributed by atoms with van der Waals surface area (Å²) in [7, 11) is 0. The summed E-state index contributed by atoms with van der Waals surface area (Å²) in [6, 6.07) is 10.7. The van der Waals surface area contributed by atoms with Gasteiger partial charge >= 0.3 is 12.2 Å². The standard InChI is InChI=1S/C22H24F3N3O3/c23-22(24,25)17-3-1-4-18(14-17)27-7-9-28(10-8-27)21(29)26-15-16-5-6-19-20(13-16)31-12-2-11-30-19/h1,3-6,13-14H,2,7-12,15H2,(H,26,29).